The first-order valence-corrected chi connectivity index (χ1v) is 6.64. The highest BCUT2D eigenvalue weighted by Crippen LogP contribution is 2.11. The molecular weight excluding hydrogens is 228 g/mol. The number of unbranched alkanes of at least 4 members (excludes halogenated alkanes) is 1. The highest BCUT2D eigenvalue weighted by Gasteiger charge is 2.22. The number of hydrogen-bond acceptors (Lipinski definition) is 3. The zero-order valence-corrected chi connectivity index (χ0v) is 10.6. The van der Waals surface area contributed by atoms with Gasteiger partial charge in [0.25, 0.3) is 0 Å². The normalized spacial score (nSPS) is 18.8. The van der Waals surface area contributed by atoms with Gasteiger partial charge in [-0.3, -0.25) is 9.78 Å². The molecule has 1 aromatic rings. The van der Waals surface area contributed by atoms with Crippen molar-refractivity contribution in [2.24, 2.45) is 0 Å². The molecular formula is C14H20N2O2. The van der Waals surface area contributed by atoms with Crippen LogP contribution in [0.3, 0.4) is 0 Å². The molecule has 0 spiro atoms. The van der Waals surface area contributed by atoms with Gasteiger partial charge in [0.1, 0.15) is 6.10 Å². The van der Waals surface area contributed by atoms with Gasteiger partial charge in [0.2, 0.25) is 5.91 Å². The van der Waals surface area contributed by atoms with Crippen molar-refractivity contribution in [2.75, 3.05) is 13.2 Å². The Morgan fingerprint density at radius 2 is 2.44 bits per heavy atom. The molecule has 4 nitrogen and oxygen atoms in total. The van der Waals surface area contributed by atoms with E-state index in [0.29, 0.717) is 0 Å². The van der Waals surface area contributed by atoms with Crippen LogP contribution in [-0.4, -0.2) is 30.1 Å². The molecule has 1 N–H and O–H groups in total. The summed E-state index contributed by atoms with van der Waals surface area (Å²) in [6, 6.07) is 4.03. The lowest BCUT2D eigenvalue weighted by atomic mass is 10.1. The van der Waals surface area contributed by atoms with Gasteiger partial charge in [0.05, 0.1) is 0 Å². The van der Waals surface area contributed by atoms with E-state index in [4.69, 9.17) is 4.74 Å². The molecule has 18 heavy (non-hydrogen) atoms. The maximum atomic E-state index is 11.6. The minimum absolute atomic E-state index is 0.0499. The molecule has 2 rings (SSSR count). The number of amides is 1. The van der Waals surface area contributed by atoms with Gasteiger partial charge < -0.3 is 10.1 Å². The summed E-state index contributed by atoms with van der Waals surface area (Å²) >= 11 is 0. The van der Waals surface area contributed by atoms with Crippen LogP contribution in [0, 0.1) is 0 Å². The van der Waals surface area contributed by atoms with Crippen molar-refractivity contribution in [2.45, 2.75) is 38.2 Å². The molecule has 1 aliphatic heterocycles. The monoisotopic (exact) mass is 248 g/mol. The Balaban J connectivity index is 1.54. The van der Waals surface area contributed by atoms with E-state index in [0.717, 1.165) is 45.3 Å². The average molecular weight is 248 g/mol. The number of nitrogens with zero attached hydrogens (tertiary/aromatic N) is 1. The number of pyridine rings is 1. The summed E-state index contributed by atoms with van der Waals surface area (Å²) in [7, 11) is 0. The van der Waals surface area contributed by atoms with Gasteiger partial charge in [-0.1, -0.05) is 6.07 Å². The van der Waals surface area contributed by atoms with Crippen LogP contribution in [0.5, 0.6) is 0 Å². The minimum Gasteiger partial charge on any atom is -0.368 e. The molecule has 1 fully saturated rings. The average Bonchev–Trinajstić information content (AvgIpc) is 2.93. The van der Waals surface area contributed by atoms with Crippen molar-refractivity contribution in [1.82, 2.24) is 10.3 Å². The van der Waals surface area contributed by atoms with Gasteiger partial charge in [-0.25, -0.2) is 0 Å². The number of aromatic nitrogens is 1. The number of hydrogen-bond donors (Lipinski definition) is 1. The fourth-order valence-electron chi connectivity index (χ4n) is 2.11. The number of nitrogens with one attached hydrogen (secondary N) is 1. The van der Waals surface area contributed by atoms with Gasteiger partial charge >= 0.3 is 0 Å². The predicted octanol–water partition coefficient (Wildman–Crippen LogP) is 1.70. The number of aryl methyl sites for hydroxylation is 1. The second kappa shape index (κ2) is 7.11. The van der Waals surface area contributed by atoms with Gasteiger partial charge in [0, 0.05) is 25.5 Å². The fraction of sp³-hybridized carbons (Fsp3) is 0.571. The standard InChI is InChI=1S/C14H20N2O2/c17-14(13-7-4-10-18-13)16-9-2-1-5-12-6-3-8-15-11-12/h3,6,8,11,13H,1-2,4-5,7,9-10H2,(H,16,17). The van der Waals surface area contributed by atoms with E-state index in [9.17, 15) is 4.79 Å². The predicted molar refractivity (Wildman–Crippen MR) is 69.2 cm³/mol. The minimum atomic E-state index is -0.205. The summed E-state index contributed by atoms with van der Waals surface area (Å²) in [5.74, 6) is 0.0499. The number of carbonyl (C=O) groups excluding carboxylic acids is 1. The van der Waals surface area contributed by atoms with E-state index in [2.05, 4.69) is 16.4 Å². The molecule has 1 aromatic heterocycles. The first-order chi connectivity index (χ1) is 8.86. The number of carbonyl (C=O) groups is 1. The summed E-state index contributed by atoms with van der Waals surface area (Å²) in [4.78, 5) is 15.7. The Kier molecular flexibility index (Phi) is 5.15. The third-order valence-corrected chi connectivity index (χ3v) is 3.14. The fourth-order valence-corrected chi connectivity index (χ4v) is 2.11. The summed E-state index contributed by atoms with van der Waals surface area (Å²) in [5, 5.41) is 2.93. The van der Waals surface area contributed by atoms with Crippen molar-refractivity contribution in [3.63, 3.8) is 0 Å². The van der Waals surface area contributed by atoms with E-state index >= 15 is 0 Å². The molecule has 0 bridgehead atoms. The van der Waals surface area contributed by atoms with E-state index in [1.54, 1.807) is 6.20 Å². The topological polar surface area (TPSA) is 51.2 Å². The lowest BCUT2D eigenvalue weighted by Gasteiger charge is -2.10. The lowest BCUT2D eigenvalue weighted by Crippen LogP contribution is -2.34. The molecule has 98 valence electrons. The molecule has 4 heteroatoms. The van der Waals surface area contributed by atoms with Crippen LogP contribution in [0.1, 0.15) is 31.2 Å². The van der Waals surface area contributed by atoms with Crippen molar-refractivity contribution >= 4 is 5.91 Å². The zero-order valence-electron chi connectivity index (χ0n) is 10.6. The molecule has 0 saturated carbocycles. The van der Waals surface area contributed by atoms with Crippen LogP contribution in [0.2, 0.25) is 0 Å². The smallest absolute Gasteiger partial charge is 0.249 e. The van der Waals surface area contributed by atoms with Gasteiger partial charge in [-0.2, -0.15) is 0 Å². The zero-order chi connectivity index (χ0) is 12.6. The number of ether oxygens (including phenoxy) is 1. The lowest BCUT2D eigenvalue weighted by molar-refractivity contribution is -0.130. The third kappa shape index (κ3) is 4.11. The molecule has 1 saturated heterocycles. The highest BCUT2D eigenvalue weighted by atomic mass is 16.5. The van der Waals surface area contributed by atoms with Crippen LogP contribution in [-0.2, 0) is 16.0 Å². The second-order valence-electron chi connectivity index (χ2n) is 4.61. The van der Waals surface area contributed by atoms with Crippen molar-refractivity contribution in [3.05, 3.63) is 30.1 Å². The van der Waals surface area contributed by atoms with Gasteiger partial charge in [0.15, 0.2) is 0 Å². The molecule has 1 atom stereocenters. The van der Waals surface area contributed by atoms with Crippen molar-refractivity contribution in [1.29, 1.82) is 0 Å². The summed E-state index contributed by atoms with van der Waals surface area (Å²) in [6.07, 6.45) is 8.41. The van der Waals surface area contributed by atoms with Crippen molar-refractivity contribution < 1.29 is 9.53 Å². The van der Waals surface area contributed by atoms with E-state index in [1.165, 1.54) is 5.56 Å². The maximum Gasteiger partial charge on any atom is 0.249 e. The maximum absolute atomic E-state index is 11.6. The Bertz CT molecular complexity index is 361. The first-order valence-electron chi connectivity index (χ1n) is 6.64. The molecule has 2 heterocycles. The highest BCUT2D eigenvalue weighted by molar-refractivity contribution is 5.80. The largest absolute Gasteiger partial charge is 0.368 e. The van der Waals surface area contributed by atoms with Crippen LogP contribution in [0.25, 0.3) is 0 Å². The van der Waals surface area contributed by atoms with Gasteiger partial charge in [-0.05, 0) is 43.7 Å². The Labute approximate surface area is 108 Å². The first kappa shape index (κ1) is 13.0. The molecule has 0 aliphatic carbocycles. The molecule has 0 aromatic carbocycles. The quantitative estimate of drug-likeness (QED) is 0.780. The Hall–Kier alpha value is -1.42. The second-order valence-corrected chi connectivity index (χ2v) is 4.61. The van der Waals surface area contributed by atoms with Crippen LogP contribution in [0.15, 0.2) is 24.5 Å². The number of rotatable bonds is 6. The molecule has 1 unspecified atom stereocenters. The van der Waals surface area contributed by atoms with Crippen molar-refractivity contribution in [3.8, 4) is 0 Å². The molecule has 1 amide bonds. The van der Waals surface area contributed by atoms with E-state index in [1.807, 2.05) is 12.3 Å². The summed E-state index contributed by atoms with van der Waals surface area (Å²) < 4.78 is 5.32. The van der Waals surface area contributed by atoms with E-state index in [-0.39, 0.29) is 12.0 Å². The Morgan fingerprint density at radius 1 is 1.50 bits per heavy atom. The van der Waals surface area contributed by atoms with E-state index < -0.39 is 0 Å². The van der Waals surface area contributed by atoms with Crippen LogP contribution < -0.4 is 5.32 Å². The van der Waals surface area contributed by atoms with Crippen LogP contribution >= 0.6 is 0 Å². The molecule has 1 aliphatic rings. The summed E-state index contributed by atoms with van der Waals surface area (Å²) in [6.45, 7) is 1.46. The SMILES string of the molecule is O=C(NCCCCc1cccnc1)C1CCCO1. The summed E-state index contributed by atoms with van der Waals surface area (Å²) in [5.41, 5.74) is 1.25. The van der Waals surface area contributed by atoms with Crippen LogP contribution in [0.4, 0.5) is 0 Å². The van der Waals surface area contributed by atoms with Gasteiger partial charge in [-0.15, -0.1) is 0 Å². The molecule has 0 radical (unpaired) electrons. The third-order valence-electron chi connectivity index (χ3n) is 3.14. The Morgan fingerprint density at radius 3 is 3.17 bits per heavy atom.